The van der Waals surface area contributed by atoms with Gasteiger partial charge in [0.2, 0.25) is 10.0 Å². The molecule has 20 heavy (non-hydrogen) atoms. The molecule has 0 bridgehead atoms. The van der Waals surface area contributed by atoms with Crippen molar-refractivity contribution in [3.05, 3.63) is 35.9 Å². The Labute approximate surface area is 121 Å². The van der Waals surface area contributed by atoms with Crippen LogP contribution in [0.2, 0.25) is 0 Å². The van der Waals surface area contributed by atoms with Crippen LogP contribution in [0.3, 0.4) is 0 Å². The fraction of sp³-hybridized carbons (Fsp3) is 0.571. The van der Waals surface area contributed by atoms with Gasteiger partial charge in [0, 0.05) is 46.3 Å². The Kier molecular flexibility index (Phi) is 5.54. The predicted molar refractivity (Wildman–Crippen MR) is 81.0 cm³/mol. The summed E-state index contributed by atoms with van der Waals surface area (Å²) in [6.45, 7) is 4.80. The standard InChI is InChI=1S/C14H23N3O2S/c1-16(13-14-5-3-2-4-6-14)20(18,19)12-11-17-9-7-15-8-10-17/h2-6,15H,7-13H2,1H3. The highest BCUT2D eigenvalue weighted by Crippen LogP contribution is 2.08. The van der Waals surface area contributed by atoms with E-state index >= 15 is 0 Å². The molecule has 1 aliphatic rings. The lowest BCUT2D eigenvalue weighted by molar-refractivity contribution is 0.252. The predicted octanol–water partition coefficient (Wildman–Crippen LogP) is 0.353. The number of sulfonamides is 1. The zero-order chi connectivity index (χ0) is 14.4. The highest BCUT2D eigenvalue weighted by Gasteiger charge is 2.20. The normalized spacial score (nSPS) is 17.5. The molecule has 1 aliphatic heterocycles. The smallest absolute Gasteiger partial charge is 0.215 e. The van der Waals surface area contributed by atoms with Crippen LogP contribution in [0.4, 0.5) is 0 Å². The zero-order valence-corrected chi connectivity index (χ0v) is 12.8. The van der Waals surface area contributed by atoms with Crippen LogP contribution in [0.1, 0.15) is 5.56 Å². The number of benzene rings is 1. The molecule has 5 nitrogen and oxygen atoms in total. The fourth-order valence-corrected chi connectivity index (χ4v) is 3.42. The van der Waals surface area contributed by atoms with Crippen LogP contribution in [-0.2, 0) is 16.6 Å². The Morgan fingerprint density at radius 2 is 1.85 bits per heavy atom. The molecule has 1 aromatic rings. The molecule has 0 radical (unpaired) electrons. The van der Waals surface area contributed by atoms with E-state index < -0.39 is 10.0 Å². The summed E-state index contributed by atoms with van der Waals surface area (Å²) in [5.74, 6) is 0.191. The number of rotatable bonds is 6. The highest BCUT2D eigenvalue weighted by atomic mass is 32.2. The summed E-state index contributed by atoms with van der Waals surface area (Å²) in [5.41, 5.74) is 1.01. The number of nitrogens with one attached hydrogen (secondary N) is 1. The maximum Gasteiger partial charge on any atom is 0.215 e. The minimum Gasteiger partial charge on any atom is -0.314 e. The average molecular weight is 297 g/mol. The molecule has 0 atom stereocenters. The monoisotopic (exact) mass is 297 g/mol. The maximum atomic E-state index is 12.3. The van der Waals surface area contributed by atoms with E-state index in [1.165, 1.54) is 4.31 Å². The van der Waals surface area contributed by atoms with E-state index in [4.69, 9.17) is 0 Å². The first kappa shape index (κ1) is 15.4. The summed E-state index contributed by atoms with van der Waals surface area (Å²) in [6, 6.07) is 9.68. The van der Waals surface area contributed by atoms with E-state index in [-0.39, 0.29) is 5.75 Å². The molecule has 0 saturated carbocycles. The quantitative estimate of drug-likeness (QED) is 0.823. The van der Waals surface area contributed by atoms with Crippen molar-refractivity contribution < 1.29 is 8.42 Å². The van der Waals surface area contributed by atoms with Gasteiger partial charge in [0.1, 0.15) is 0 Å². The average Bonchev–Trinajstić information content (AvgIpc) is 2.47. The van der Waals surface area contributed by atoms with Crippen molar-refractivity contribution in [3.63, 3.8) is 0 Å². The van der Waals surface area contributed by atoms with Gasteiger partial charge in [-0.2, -0.15) is 0 Å². The van der Waals surface area contributed by atoms with Crippen molar-refractivity contribution >= 4 is 10.0 Å². The van der Waals surface area contributed by atoms with Crippen LogP contribution in [0, 0.1) is 0 Å². The van der Waals surface area contributed by atoms with E-state index in [9.17, 15) is 8.42 Å². The van der Waals surface area contributed by atoms with Crippen LogP contribution in [0.25, 0.3) is 0 Å². The first-order valence-corrected chi connectivity index (χ1v) is 8.60. The molecule has 1 saturated heterocycles. The van der Waals surface area contributed by atoms with Crippen molar-refractivity contribution in [3.8, 4) is 0 Å². The third-order valence-corrected chi connectivity index (χ3v) is 5.38. The molecule has 1 N–H and O–H groups in total. The van der Waals surface area contributed by atoms with Crippen LogP contribution < -0.4 is 5.32 Å². The van der Waals surface area contributed by atoms with Gasteiger partial charge >= 0.3 is 0 Å². The largest absolute Gasteiger partial charge is 0.314 e. The summed E-state index contributed by atoms with van der Waals surface area (Å²) >= 11 is 0. The van der Waals surface area contributed by atoms with Gasteiger partial charge in [-0.15, -0.1) is 0 Å². The zero-order valence-electron chi connectivity index (χ0n) is 12.0. The number of hydrogen-bond acceptors (Lipinski definition) is 4. The minimum atomic E-state index is -3.19. The van der Waals surface area contributed by atoms with Crippen molar-refractivity contribution in [1.82, 2.24) is 14.5 Å². The molecule has 0 aliphatic carbocycles. The van der Waals surface area contributed by atoms with Crippen LogP contribution in [-0.4, -0.2) is 63.1 Å². The van der Waals surface area contributed by atoms with Gasteiger partial charge in [-0.25, -0.2) is 12.7 Å². The summed E-state index contributed by atoms with van der Waals surface area (Å²) < 4.78 is 26.0. The topological polar surface area (TPSA) is 52.7 Å². The fourth-order valence-electron chi connectivity index (χ4n) is 2.27. The Balaban J connectivity index is 1.85. The molecule has 112 valence electrons. The van der Waals surface area contributed by atoms with Gasteiger partial charge < -0.3 is 5.32 Å². The lowest BCUT2D eigenvalue weighted by Gasteiger charge is -2.27. The highest BCUT2D eigenvalue weighted by molar-refractivity contribution is 7.89. The summed E-state index contributed by atoms with van der Waals surface area (Å²) in [6.07, 6.45) is 0. The summed E-state index contributed by atoms with van der Waals surface area (Å²) in [5, 5.41) is 3.27. The second-order valence-corrected chi connectivity index (χ2v) is 7.34. The SMILES string of the molecule is CN(Cc1ccccc1)S(=O)(=O)CCN1CCNCC1. The molecular weight excluding hydrogens is 274 g/mol. The van der Waals surface area contributed by atoms with Gasteiger partial charge in [-0.05, 0) is 5.56 Å². The van der Waals surface area contributed by atoms with E-state index in [2.05, 4.69) is 10.2 Å². The van der Waals surface area contributed by atoms with Crippen molar-refractivity contribution in [2.75, 3.05) is 45.5 Å². The molecule has 0 unspecified atom stereocenters. The summed E-state index contributed by atoms with van der Waals surface area (Å²) in [4.78, 5) is 2.20. The van der Waals surface area contributed by atoms with Crippen molar-refractivity contribution in [1.29, 1.82) is 0 Å². The third kappa shape index (κ3) is 4.56. The minimum absolute atomic E-state index is 0.191. The van der Waals surface area contributed by atoms with Gasteiger partial charge in [0.05, 0.1) is 5.75 Å². The molecule has 0 aromatic heterocycles. The van der Waals surface area contributed by atoms with Crippen LogP contribution in [0.5, 0.6) is 0 Å². The number of nitrogens with zero attached hydrogens (tertiary/aromatic N) is 2. The molecule has 1 fully saturated rings. The molecular formula is C14H23N3O2S. The summed E-state index contributed by atoms with van der Waals surface area (Å²) in [7, 11) is -1.53. The number of hydrogen-bond donors (Lipinski definition) is 1. The Hall–Kier alpha value is -0.950. The van der Waals surface area contributed by atoms with Gasteiger partial charge in [-0.1, -0.05) is 30.3 Å². The molecule has 1 heterocycles. The Morgan fingerprint density at radius 3 is 2.50 bits per heavy atom. The van der Waals surface area contributed by atoms with E-state index in [0.717, 1.165) is 31.7 Å². The molecule has 0 spiro atoms. The van der Waals surface area contributed by atoms with E-state index in [1.807, 2.05) is 30.3 Å². The van der Waals surface area contributed by atoms with Gasteiger partial charge in [0.15, 0.2) is 0 Å². The lowest BCUT2D eigenvalue weighted by Crippen LogP contribution is -2.46. The first-order chi connectivity index (χ1) is 9.58. The van der Waals surface area contributed by atoms with Crippen molar-refractivity contribution in [2.45, 2.75) is 6.54 Å². The Morgan fingerprint density at radius 1 is 1.20 bits per heavy atom. The van der Waals surface area contributed by atoms with Crippen molar-refractivity contribution in [2.24, 2.45) is 0 Å². The second kappa shape index (κ2) is 7.17. The van der Waals surface area contributed by atoms with Crippen LogP contribution >= 0.6 is 0 Å². The molecule has 6 heteroatoms. The van der Waals surface area contributed by atoms with Gasteiger partial charge in [-0.3, -0.25) is 4.90 Å². The Bertz CT molecular complexity index is 498. The van der Waals surface area contributed by atoms with Crippen LogP contribution in [0.15, 0.2) is 30.3 Å². The van der Waals surface area contributed by atoms with E-state index in [1.54, 1.807) is 7.05 Å². The maximum absolute atomic E-state index is 12.3. The van der Waals surface area contributed by atoms with E-state index in [0.29, 0.717) is 13.1 Å². The first-order valence-electron chi connectivity index (χ1n) is 6.99. The molecule has 0 amide bonds. The van der Waals surface area contributed by atoms with Gasteiger partial charge in [0.25, 0.3) is 0 Å². The molecule has 2 rings (SSSR count). The molecule has 1 aromatic carbocycles. The lowest BCUT2D eigenvalue weighted by atomic mass is 10.2. The third-order valence-electron chi connectivity index (χ3n) is 3.60. The second-order valence-electron chi connectivity index (χ2n) is 5.15. The number of piperazine rings is 1.